The summed E-state index contributed by atoms with van der Waals surface area (Å²) in [6.07, 6.45) is -2.08. The van der Waals surface area contributed by atoms with E-state index >= 15 is 0 Å². The Morgan fingerprint density at radius 3 is 2.37 bits per heavy atom. The average molecular weight is 561 g/mol. The molecule has 1 N–H and O–H groups in total. The number of benzene rings is 3. The summed E-state index contributed by atoms with van der Waals surface area (Å²) < 4.78 is 49.5. The number of amides is 1. The molecule has 0 bridgehead atoms. The van der Waals surface area contributed by atoms with E-state index in [0.29, 0.717) is 47.5 Å². The molecule has 41 heavy (non-hydrogen) atoms. The van der Waals surface area contributed by atoms with Gasteiger partial charge < -0.3 is 19.5 Å². The van der Waals surface area contributed by atoms with Gasteiger partial charge in [-0.25, -0.2) is 0 Å². The van der Waals surface area contributed by atoms with Crippen molar-refractivity contribution < 1.29 is 32.5 Å². The van der Waals surface area contributed by atoms with Crippen LogP contribution in [0.15, 0.2) is 91.1 Å². The molecule has 0 saturated heterocycles. The number of halogens is 3. The maximum absolute atomic E-state index is 13.4. The van der Waals surface area contributed by atoms with Gasteiger partial charge in [-0.3, -0.25) is 9.78 Å². The number of rotatable bonds is 8. The van der Waals surface area contributed by atoms with E-state index in [0.717, 1.165) is 11.1 Å². The number of ether oxygens (including phenoxy) is 2. The first kappa shape index (κ1) is 27.0. The second kappa shape index (κ2) is 10.6. The van der Waals surface area contributed by atoms with Gasteiger partial charge in [0.25, 0.3) is 5.91 Å². The van der Waals surface area contributed by atoms with Crippen molar-refractivity contribution in [3.8, 4) is 17.0 Å². The predicted octanol–water partition coefficient (Wildman–Crippen LogP) is 6.42. The predicted molar refractivity (Wildman–Crippen MR) is 146 cm³/mol. The molecule has 0 radical (unpaired) electrons. The molecule has 2 aliphatic rings. The van der Waals surface area contributed by atoms with E-state index in [1.807, 2.05) is 42.5 Å². The van der Waals surface area contributed by atoms with Crippen LogP contribution in [0.25, 0.3) is 11.3 Å². The van der Waals surface area contributed by atoms with E-state index in [1.54, 1.807) is 41.3 Å². The second-order valence-corrected chi connectivity index (χ2v) is 10.4. The fourth-order valence-corrected chi connectivity index (χ4v) is 5.40. The molecule has 2 heterocycles. The molecule has 1 aliphatic carbocycles. The number of pyridine rings is 1. The van der Waals surface area contributed by atoms with E-state index in [4.69, 9.17) is 9.47 Å². The third-order valence-corrected chi connectivity index (χ3v) is 7.56. The molecule has 1 aromatic heterocycles. The van der Waals surface area contributed by atoms with Crippen molar-refractivity contribution in [3.63, 3.8) is 0 Å². The smallest absolute Gasteiger partial charge is 0.422 e. The van der Waals surface area contributed by atoms with Crippen molar-refractivity contribution in [2.24, 2.45) is 0 Å². The molecule has 9 heteroatoms. The monoisotopic (exact) mass is 560 g/mol. The Morgan fingerprint density at radius 2 is 1.63 bits per heavy atom. The Hall–Kier alpha value is -4.21. The number of nitrogens with zero attached hydrogens (tertiary/aromatic N) is 2. The Balaban J connectivity index is 1.16. The zero-order valence-corrected chi connectivity index (χ0v) is 22.0. The molecular formula is C32H27F3N2O4. The zero-order chi connectivity index (χ0) is 28.6. The number of fused-ring (bicyclic) bond motifs is 1. The average Bonchev–Trinajstić information content (AvgIpc) is 3.30. The molecule has 0 atom stereocenters. The highest BCUT2D eigenvalue weighted by molar-refractivity contribution is 6.11. The minimum atomic E-state index is -4.49. The number of hydrogen-bond acceptors (Lipinski definition) is 5. The summed E-state index contributed by atoms with van der Waals surface area (Å²) >= 11 is 0. The quantitative estimate of drug-likeness (QED) is 0.269. The Labute approximate surface area is 235 Å². The third kappa shape index (κ3) is 5.55. The van der Waals surface area contributed by atoms with Crippen LogP contribution in [0, 0.1) is 0 Å². The van der Waals surface area contributed by atoms with Crippen LogP contribution in [0.5, 0.6) is 5.75 Å². The van der Waals surface area contributed by atoms with Gasteiger partial charge in [-0.1, -0.05) is 54.6 Å². The van der Waals surface area contributed by atoms with Crippen molar-refractivity contribution in [1.82, 2.24) is 4.98 Å². The Kier molecular flexibility index (Phi) is 7.01. The molecule has 4 aromatic rings. The Morgan fingerprint density at radius 1 is 0.927 bits per heavy atom. The minimum absolute atomic E-state index is 0.0385. The van der Waals surface area contributed by atoms with Crippen LogP contribution in [-0.2, 0) is 23.5 Å². The van der Waals surface area contributed by atoms with Gasteiger partial charge in [-0.05, 0) is 41.5 Å². The van der Waals surface area contributed by atoms with Crippen molar-refractivity contribution in [1.29, 1.82) is 0 Å². The first-order valence-corrected chi connectivity index (χ1v) is 13.3. The molecular weight excluding hydrogens is 533 g/mol. The summed E-state index contributed by atoms with van der Waals surface area (Å²) in [6, 6.07) is 25.1. The van der Waals surface area contributed by atoms with Crippen LogP contribution in [-0.4, -0.2) is 34.9 Å². The van der Waals surface area contributed by atoms with Crippen molar-refractivity contribution >= 4 is 11.6 Å². The molecule has 210 valence electrons. The van der Waals surface area contributed by atoms with Gasteiger partial charge in [0.1, 0.15) is 5.75 Å². The lowest BCUT2D eigenvalue weighted by Gasteiger charge is -2.43. The van der Waals surface area contributed by atoms with Crippen molar-refractivity contribution in [3.05, 3.63) is 113 Å². The van der Waals surface area contributed by atoms with Gasteiger partial charge in [0.2, 0.25) is 0 Å². The number of carbonyl (C=O) groups excluding carboxylic acids is 1. The van der Waals surface area contributed by atoms with E-state index in [2.05, 4.69) is 4.98 Å². The maximum atomic E-state index is 13.4. The SMILES string of the molecule is O=C1c2ccnc(-c3ccccc3OCC(F)(F)F)c2CN1c1ccc(C2(O)CC(OCc3ccccc3)C2)cc1. The molecule has 1 aliphatic heterocycles. The fourth-order valence-electron chi connectivity index (χ4n) is 5.40. The van der Waals surface area contributed by atoms with Gasteiger partial charge in [-0.2, -0.15) is 13.2 Å². The third-order valence-electron chi connectivity index (χ3n) is 7.56. The summed E-state index contributed by atoms with van der Waals surface area (Å²) in [5, 5.41) is 11.1. The number of para-hydroxylation sites is 1. The van der Waals surface area contributed by atoms with Gasteiger partial charge in [0.15, 0.2) is 6.61 Å². The number of aromatic nitrogens is 1. The van der Waals surface area contributed by atoms with Gasteiger partial charge in [0, 0.05) is 41.4 Å². The molecule has 6 nitrogen and oxygen atoms in total. The molecule has 1 amide bonds. The van der Waals surface area contributed by atoms with Gasteiger partial charge >= 0.3 is 6.18 Å². The van der Waals surface area contributed by atoms with E-state index < -0.39 is 18.4 Å². The molecule has 6 rings (SSSR count). The largest absolute Gasteiger partial charge is 0.483 e. The maximum Gasteiger partial charge on any atom is 0.422 e. The van der Waals surface area contributed by atoms with Gasteiger partial charge in [0.05, 0.1) is 30.6 Å². The molecule has 0 unspecified atom stereocenters. The van der Waals surface area contributed by atoms with Gasteiger partial charge in [-0.15, -0.1) is 0 Å². The number of alkyl halides is 3. The van der Waals surface area contributed by atoms with Crippen LogP contribution in [0.1, 0.15) is 39.9 Å². The van der Waals surface area contributed by atoms with E-state index in [-0.39, 0.29) is 24.3 Å². The highest BCUT2D eigenvalue weighted by Crippen LogP contribution is 2.44. The first-order valence-electron chi connectivity index (χ1n) is 13.3. The number of carbonyl (C=O) groups is 1. The number of aliphatic hydroxyl groups is 1. The number of anilines is 1. The van der Waals surface area contributed by atoms with Crippen LogP contribution in [0.4, 0.5) is 18.9 Å². The highest BCUT2D eigenvalue weighted by Gasteiger charge is 2.45. The lowest BCUT2D eigenvalue weighted by Crippen LogP contribution is -2.45. The lowest BCUT2D eigenvalue weighted by atomic mass is 9.73. The molecule has 1 saturated carbocycles. The summed E-state index contributed by atoms with van der Waals surface area (Å²) in [7, 11) is 0. The molecule has 3 aromatic carbocycles. The second-order valence-electron chi connectivity index (χ2n) is 10.4. The standard InChI is InChI=1S/C32H27F3N2O4/c33-32(34,35)20-41-28-9-5-4-8-26(28)29-27-18-37(30(38)25(27)14-15-36-29)23-12-10-22(11-13-23)31(39)16-24(17-31)40-19-21-6-2-1-3-7-21/h1-15,24,39H,16-20H2. The Bertz CT molecular complexity index is 1550. The summed E-state index contributed by atoms with van der Waals surface area (Å²) in [5.41, 5.74) is 3.31. The molecule has 1 fully saturated rings. The molecule has 0 spiro atoms. The van der Waals surface area contributed by atoms with E-state index in [1.165, 1.54) is 12.3 Å². The van der Waals surface area contributed by atoms with Crippen molar-refractivity contribution in [2.45, 2.75) is 43.9 Å². The van der Waals surface area contributed by atoms with Crippen molar-refractivity contribution in [2.75, 3.05) is 11.5 Å². The van der Waals surface area contributed by atoms with Crippen LogP contribution in [0.2, 0.25) is 0 Å². The summed E-state index contributed by atoms with van der Waals surface area (Å²) in [4.78, 5) is 19.4. The first-order chi connectivity index (χ1) is 19.7. The minimum Gasteiger partial charge on any atom is -0.483 e. The summed E-state index contributed by atoms with van der Waals surface area (Å²) in [5.74, 6) is -0.192. The van der Waals surface area contributed by atoms with Crippen LogP contribution >= 0.6 is 0 Å². The zero-order valence-electron chi connectivity index (χ0n) is 22.0. The van der Waals surface area contributed by atoms with E-state index in [9.17, 15) is 23.1 Å². The number of hydrogen-bond donors (Lipinski definition) is 1. The highest BCUT2D eigenvalue weighted by atomic mass is 19.4. The van der Waals surface area contributed by atoms with Crippen LogP contribution < -0.4 is 9.64 Å². The fraction of sp³-hybridized carbons (Fsp3) is 0.250. The summed E-state index contributed by atoms with van der Waals surface area (Å²) in [6.45, 7) is -0.736. The van der Waals surface area contributed by atoms with Crippen LogP contribution in [0.3, 0.4) is 0 Å². The lowest BCUT2D eigenvalue weighted by molar-refractivity contribution is -0.153. The topological polar surface area (TPSA) is 71.9 Å². The normalized spacial score (nSPS) is 20.0.